The minimum Gasteiger partial charge on any atom is -0.379 e. The van der Waals surface area contributed by atoms with Crippen molar-refractivity contribution in [1.29, 1.82) is 0 Å². The van der Waals surface area contributed by atoms with E-state index in [2.05, 4.69) is 44.3 Å². The summed E-state index contributed by atoms with van der Waals surface area (Å²) in [5, 5.41) is 3.62. The summed E-state index contributed by atoms with van der Waals surface area (Å²) in [7, 11) is 0. The van der Waals surface area contributed by atoms with Crippen molar-refractivity contribution >= 4 is 0 Å². The van der Waals surface area contributed by atoms with Crippen molar-refractivity contribution in [1.82, 2.24) is 5.32 Å². The smallest absolute Gasteiger partial charge is 0.0518 e. The van der Waals surface area contributed by atoms with Crippen molar-refractivity contribution in [2.24, 2.45) is 0 Å². The van der Waals surface area contributed by atoms with Crippen LogP contribution in [0.3, 0.4) is 0 Å². The Morgan fingerprint density at radius 1 is 1.10 bits per heavy atom. The Bertz CT molecular complexity index is 414. The quantitative estimate of drug-likeness (QED) is 0.723. The van der Waals surface area contributed by atoms with E-state index in [4.69, 9.17) is 4.74 Å². The van der Waals surface area contributed by atoms with Crippen LogP contribution in [-0.2, 0) is 17.6 Å². The summed E-state index contributed by atoms with van der Waals surface area (Å²) < 4.78 is 5.56. The van der Waals surface area contributed by atoms with Crippen LogP contribution in [0.2, 0.25) is 0 Å². The largest absolute Gasteiger partial charge is 0.379 e. The average Bonchev–Trinajstić information content (AvgIpc) is 2.89. The summed E-state index contributed by atoms with van der Waals surface area (Å²) in [4.78, 5) is 0. The monoisotopic (exact) mass is 275 g/mol. The second kappa shape index (κ2) is 7.80. The van der Waals surface area contributed by atoms with Crippen LogP contribution >= 0.6 is 0 Å². The number of unbranched alkanes of at least 4 members (excludes halogenated alkanes) is 1. The van der Waals surface area contributed by atoms with E-state index in [0.29, 0.717) is 12.1 Å². The first-order valence-electron chi connectivity index (χ1n) is 8.13. The van der Waals surface area contributed by atoms with Gasteiger partial charge in [-0.2, -0.15) is 0 Å². The Kier molecular flexibility index (Phi) is 6.06. The highest BCUT2D eigenvalue weighted by molar-refractivity contribution is 5.36. The van der Waals surface area contributed by atoms with Gasteiger partial charge in [0.05, 0.1) is 6.10 Å². The summed E-state index contributed by atoms with van der Waals surface area (Å²) in [5.74, 6) is 0. The molecule has 1 aliphatic rings. The molecule has 0 spiro atoms. The van der Waals surface area contributed by atoms with E-state index in [1.54, 1.807) is 11.1 Å². The van der Waals surface area contributed by atoms with E-state index < -0.39 is 0 Å². The molecule has 2 rings (SSSR count). The molecule has 2 heteroatoms. The maximum atomic E-state index is 5.56. The SMILES string of the molecule is CC(C)OCCCCNC(C)c1ccc2c(c1)CCC2. The van der Waals surface area contributed by atoms with Crippen molar-refractivity contribution in [2.75, 3.05) is 13.2 Å². The van der Waals surface area contributed by atoms with Gasteiger partial charge in [-0.05, 0) is 76.1 Å². The van der Waals surface area contributed by atoms with E-state index in [9.17, 15) is 0 Å². The molecule has 0 aromatic heterocycles. The Morgan fingerprint density at radius 2 is 1.90 bits per heavy atom. The summed E-state index contributed by atoms with van der Waals surface area (Å²) >= 11 is 0. The molecular formula is C18H29NO. The fourth-order valence-corrected chi connectivity index (χ4v) is 2.84. The van der Waals surface area contributed by atoms with E-state index >= 15 is 0 Å². The minimum atomic E-state index is 0.355. The number of hydrogen-bond donors (Lipinski definition) is 1. The molecular weight excluding hydrogens is 246 g/mol. The van der Waals surface area contributed by atoms with Gasteiger partial charge in [0.25, 0.3) is 0 Å². The second-order valence-electron chi connectivity index (χ2n) is 6.18. The van der Waals surface area contributed by atoms with Crippen molar-refractivity contribution in [3.8, 4) is 0 Å². The highest BCUT2D eigenvalue weighted by atomic mass is 16.5. The number of fused-ring (bicyclic) bond motifs is 1. The lowest BCUT2D eigenvalue weighted by molar-refractivity contribution is 0.0759. The maximum absolute atomic E-state index is 5.56. The van der Waals surface area contributed by atoms with Gasteiger partial charge in [0.1, 0.15) is 0 Å². The number of ether oxygens (including phenoxy) is 1. The van der Waals surface area contributed by atoms with Gasteiger partial charge in [0, 0.05) is 12.6 Å². The molecule has 1 atom stereocenters. The zero-order valence-electron chi connectivity index (χ0n) is 13.2. The second-order valence-corrected chi connectivity index (χ2v) is 6.18. The van der Waals surface area contributed by atoms with Crippen molar-refractivity contribution < 1.29 is 4.74 Å². The lowest BCUT2D eigenvalue weighted by Gasteiger charge is -2.15. The van der Waals surface area contributed by atoms with Crippen LogP contribution in [0.15, 0.2) is 18.2 Å². The maximum Gasteiger partial charge on any atom is 0.0518 e. The molecule has 1 unspecified atom stereocenters. The van der Waals surface area contributed by atoms with Crippen LogP contribution in [0, 0.1) is 0 Å². The number of benzene rings is 1. The summed E-state index contributed by atoms with van der Waals surface area (Å²) in [6.45, 7) is 8.40. The van der Waals surface area contributed by atoms with Gasteiger partial charge >= 0.3 is 0 Å². The Balaban J connectivity index is 1.68. The van der Waals surface area contributed by atoms with Crippen molar-refractivity contribution in [3.63, 3.8) is 0 Å². The highest BCUT2D eigenvalue weighted by Gasteiger charge is 2.13. The van der Waals surface area contributed by atoms with Gasteiger partial charge in [-0.3, -0.25) is 0 Å². The van der Waals surface area contributed by atoms with Gasteiger partial charge < -0.3 is 10.1 Å². The number of hydrogen-bond acceptors (Lipinski definition) is 2. The predicted molar refractivity (Wildman–Crippen MR) is 85.2 cm³/mol. The topological polar surface area (TPSA) is 21.3 Å². The molecule has 112 valence electrons. The van der Waals surface area contributed by atoms with Crippen LogP contribution < -0.4 is 5.32 Å². The molecule has 2 nitrogen and oxygen atoms in total. The molecule has 0 saturated heterocycles. The van der Waals surface area contributed by atoms with E-state index in [0.717, 1.165) is 19.6 Å². The zero-order valence-corrected chi connectivity index (χ0v) is 13.2. The molecule has 1 aliphatic carbocycles. The van der Waals surface area contributed by atoms with Gasteiger partial charge in [0.2, 0.25) is 0 Å². The molecule has 0 amide bonds. The van der Waals surface area contributed by atoms with Crippen LogP contribution in [0.4, 0.5) is 0 Å². The number of nitrogens with one attached hydrogen (secondary N) is 1. The fourth-order valence-electron chi connectivity index (χ4n) is 2.84. The zero-order chi connectivity index (χ0) is 14.4. The van der Waals surface area contributed by atoms with Crippen molar-refractivity contribution in [3.05, 3.63) is 34.9 Å². The summed E-state index contributed by atoms with van der Waals surface area (Å²) in [6, 6.07) is 7.48. The van der Waals surface area contributed by atoms with E-state index in [1.807, 2.05) is 0 Å². The molecule has 1 N–H and O–H groups in total. The van der Waals surface area contributed by atoms with Crippen molar-refractivity contribution in [2.45, 2.75) is 65.0 Å². The third-order valence-electron chi connectivity index (χ3n) is 4.10. The van der Waals surface area contributed by atoms with Gasteiger partial charge in [-0.15, -0.1) is 0 Å². The fraction of sp³-hybridized carbons (Fsp3) is 0.667. The summed E-state index contributed by atoms with van der Waals surface area (Å²) in [5.41, 5.74) is 4.57. The van der Waals surface area contributed by atoms with Gasteiger partial charge in [-0.25, -0.2) is 0 Å². The Morgan fingerprint density at radius 3 is 2.70 bits per heavy atom. The lowest BCUT2D eigenvalue weighted by atomic mass is 10.0. The summed E-state index contributed by atoms with van der Waals surface area (Å²) in [6.07, 6.45) is 6.55. The molecule has 1 aromatic rings. The highest BCUT2D eigenvalue weighted by Crippen LogP contribution is 2.25. The molecule has 0 radical (unpaired) electrons. The third-order valence-corrected chi connectivity index (χ3v) is 4.10. The molecule has 1 aromatic carbocycles. The first kappa shape index (κ1) is 15.5. The molecule has 0 saturated carbocycles. The van der Waals surface area contributed by atoms with Gasteiger partial charge in [0.15, 0.2) is 0 Å². The van der Waals surface area contributed by atoms with E-state index in [-0.39, 0.29) is 0 Å². The number of rotatable bonds is 8. The van der Waals surface area contributed by atoms with Crippen LogP contribution in [0.25, 0.3) is 0 Å². The van der Waals surface area contributed by atoms with E-state index in [1.165, 1.54) is 31.2 Å². The van der Waals surface area contributed by atoms with Gasteiger partial charge in [-0.1, -0.05) is 18.2 Å². The molecule has 0 heterocycles. The van der Waals surface area contributed by atoms with Crippen LogP contribution in [-0.4, -0.2) is 19.3 Å². The normalized spacial score (nSPS) is 15.6. The minimum absolute atomic E-state index is 0.355. The first-order chi connectivity index (χ1) is 9.66. The first-order valence-corrected chi connectivity index (χ1v) is 8.13. The third kappa shape index (κ3) is 4.60. The predicted octanol–water partition coefficient (Wildman–Crippen LogP) is 4.03. The standard InChI is InChI=1S/C18H29NO/c1-14(2)20-12-5-4-11-19-15(3)17-10-9-16-7-6-8-18(16)13-17/h9-10,13-15,19H,4-8,11-12H2,1-3H3. The number of aryl methyl sites for hydroxylation is 2. The van der Waals surface area contributed by atoms with Crippen LogP contribution in [0.1, 0.15) is 62.8 Å². The molecule has 20 heavy (non-hydrogen) atoms. The average molecular weight is 275 g/mol. The molecule has 0 bridgehead atoms. The molecule has 0 aliphatic heterocycles. The molecule has 0 fully saturated rings. The van der Waals surface area contributed by atoms with Crippen LogP contribution in [0.5, 0.6) is 0 Å². The lowest BCUT2D eigenvalue weighted by Crippen LogP contribution is -2.20. The Hall–Kier alpha value is -0.860. The Labute approximate surface area is 123 Å².